The minimum absolute atomic E-state index is 0.0281. The van der Waals surface area contributed by atoms with Gasteiger partial charge in [-0.05, 0) is 71.0 Å². The molecule has 0 aromatic heterocycles. The smallest absolute Gasteiger partial charge is 0.182 e. The van der Waals surface area contributed by atoms with E-state index in [1.54, 1.807) is 0 Å². The molecule has 3 aromatic carbocycles. The van der Waals surface area contributed by atoms with E-state index in [2.05, 4.69) is 146 Å². The molecule has 0 bridgehead atoms. The quantitative estimate of drug-likeness (QED) is 0.171. The fourth-order valence-electron chi connectivity index (χ4n) is 4.32. The number of hydrogen-bond acceptors (Lipinski definition) is 2. The van der Waals surface area contributed by atoms with Crippen LogP contribution in [-0.4, -0.2) is 0 Å². The molecule has 0 aliphatic carbocycles. The Morgan fingerprint density at radius 3 is 1.26 bits per heavy atom. The predicted octanol–water partition coefficient (Wildman–Crippen LogP) is 9.55. The van der Waals surface area contributed by atoms with E-state index in [1.807, 2.05) is 0 Å². The first-order valence-electron chi connectivity index (χ1n) is 14.0. The number of benzene rings is 3. The average Bonchev–Trinajstić information content (AvgIpc) is 2.79. The molecule has 38 heavy (non-hydrogen) atoms. The Hall–Kier alpha value is -2.31. The summed E-state index contributed by atoms with van der Waals surface area (Å²) in [5.74, 6) is 2.83. The molecule has 0 aliphatic rings. The van der Waals surface area contributed by atoms with Gasteiger partial charge in [-0.15, -0.1) is 9.24 Å². The third kappa shape index (κ3) is 10.5. The SMILES string of the molecule is CC(C)Cc1ccc(OOc2ccc(CC(C)C)cc2C(C)(C)C)c(C(C)(C)C)c1.Cc1ccc(P)cc1. The zero-order chi connectivity index (χ0) is 28.7. The Kier molecular flexibility index (Phi) is 11.5. The van der Waals surface area contributed by atoms with Crippen LogP contribution in [0.2, 0.25) is 0 Å². The van der Waals surface area contributed by atoms with Gasteiger partial charge >= 0.3 is 0 Å². The van der Waals surface area contributed by atoms with Crippen molar-refractivity contribution in [3.8, 4) is 11.5 Å². The summed E-state index contributed by atoms with van der Waals surface area (Å²) >= 11 is 0. The van der Waals surface area contributed by atoms with Crippen molar-refractivity contribution in [3.63, 3.8) is 0 Å². The highest BCUT2D eigenvalue weighted by Gasteiger charge is 2.24. The highest BCUT2D eigenvalue weighted by atomic mass is 31.0. The van der Waals surface area contributed by atoms with Crippen molar-refractivity contribution in [1.82, 2.24) is 0 Å². The maximum atomic E-state index is 5.97. The van der Waals surface area contributed by atoms with Crippen LogP contribution in [-0.2, 0) is 23.7 Å². The van der Waals surface area contributed by atoms with Crippen LogP contribution < -0.4 is 15.1 Å². The molecule has 3 rings (SSSR count). The summed E-state index contributed by atoms with van der Waals surface area (Å²) < 4.78 is 0. The fraction of sp³-hybridized carbons (Fsp3) is 0.486. The first kappa shape index (κ1) is 31.9. The predicted molar refractivity (Wildman–Crippen MR) is 169 cm³/mol. The molecule has 3 aromatic rings. The molecule has 3 heteroatoms. The summed E-state index contributed by atoms with van der Waals surface area (Å²) in [6.45, 7) is 24.4. The molecule has 208 valence electrons. The van der Waals surface area contributed by atoms with E-state index in [-0.39, 0.29) is 10.8 Å². The highest BCUT2D eigenvalue weighted by molar-refractivity contribution is 7.27. The number of hydrogen-bond donors (Lipinski definition) is 0. The minimum atomic E-state index is -0.0281. The first-order chi connectivity index (χ1) is 17.6. The molecule has 0 aliphatic heterocycles. The number of aryl methyl sites for hydroxylation is 1. The molecule has 0 radical (unpaired) electrons. The van der Waals surface area contributed by atoms with E-state index >= 15 is 0 Å². The Bertz CT molecular complexity index is 1050. The van der Waals surface area contributed by atoms with Gasteiger partial charge in [-0.3, -0.25) is 9.78 Å². The van der Waals surface area contributed by atoms with Gasteiger partial charge in [-0.2, -0.15) is 0 Å². The van der Waals surface area contributed by atoms with Gasteiger partial charge in [0.1, 0.15) is 0 Å². The van der Waals surface area contributed by atoms with Crippen LogP contribution in [0.3, 0.4) is 0 Å². The molecule has 0 fully saturated rings. The lowest BCUT2D eigenvalue weighted by Crippen LogP contribution is -2.18. The van der Waals surface area contributed by atoms with Crippen LogP contribution in [0, 0.1) is 18.8 Å². The maximum Gasteiger partial charge on any atom is 0.182 e. The lowest BCUT2D eigenvalue weighted by atomic mass is 9.84. The Morgan fingerprint density at radius 2 is 0.974 bits per heavy atom. The molecule has 0 spiro atoms. The zero-order valence-corrected chi connectivity index (χ0v) is 26.9. The maximum absolute atomic E-state index is 5.97. The van der Waals surface area contributed by atoms with Crippen molar-refractivity contribution in [2.24, 2.45) is 11.8 Å². The van der Waals surface area contributed by atoms with Crippen molar-refractivity contribution >= 4 is 14.5 Å². The van der Waals surface area contributed by atoms with E-state index in [4.69, 9.17) is 9.78 Å². The minimum Gasteiger partial charge on any atom is -0.290 e. The first-order valence-corrected chi connectivity index (χ1v) is 14.6. The van der Waals surface area contributed by atoms with E-state index < -0.39 is 0 Å². The van der Waals surface area contributed by atoms with Gasteiger partial charge in [0.15, 0.2) is 11.5 Å². The monoisotopic (exact) mass is 534 g/mol. The van der Waals surface area contributed by atoms with Crippen LogP contribution in [0.5, 0.6) is 11.5 Å². The zero-order valence-electron chi connectivity index (χ0n) is 25.7. The summed E-state index contributed by atoms with van der Waals surface area (Å²) in [6.07, 6.45) is 2.13. The lowest BCUT2D eigenvalue weighted by Gasteiger charge is -2.25. The van der Waals surface area contributed by atoms with Crippen LogP contribution in [0.4, 0.5) is 0 Å². The third-order valence-electron chi connectivity index (χ3n) is 6.29. The van der Waals surface area contributed by atoms with Crippen molar-refractivity contribution < 1.29 is 9.78 Å². The summed E-state index contributed by atoms with van der Waals surface area (Å²) in [5, 5.41) is 1.25. The second-order valence-electron chi connectivity index (χ2n) is 13.4. The largest absolute Gasteiger partial charge is 0.290 e. The van der Waals surface area contributed by atoms with E-state index in [0.29, 0.717) is 11.8 Å². The van der Waals surface area contributed by atoms with Crippen LogP contribution in [0.1, 0.15) is 97.1 Å². The molecule has 0 heterocycles. The molecule has 0 saturated heterocycles. The van der Waals surface area contributed by atoms with Gasteiger partial charge in [0.2, 0.25) is 0 Å². The summed E-state index contributed by atoms with van der Waals surface area (Å²) in [4.78, 5) is 11.9. The van der Waals surface area contributed by atoms with E-state index in [9.17, 15) is 0 Å². The van der Waals surface area contributed by atoms with Crippen molar-refractivity contribution in [1.29, 1.82) is 0 Å². The third-order valence-corrected chi connectivity index (χ3v) is 6.68. The van der Waals surface area contributed by atoms with Gasteiger partial charge in [-0.25, -0.2) is 0 Å². The second-order valence-corrected chi connectivity index (χ2v) is 14.1. The van der Waals surface area contributed by atoms with Crippen LogP contribution in [0.25, 0.3) is 0 Å². The summed E-state index contributed by atoms with van der Waals surface area (Å²) in [6, 6.07) is 21.3. The molecule has 0 saturated carbocycles. The molecule has 2 nitrogen and oxygen atoms in total. The van der Waals surface area contributed by atoms with Crippen molar-refractivity contribution in [2.45, 2.75) is 99.8 Å². The van der Waals surface area contributed by atoms with Gasteiger partial charge in [0.25, 0.3) is 0 Å². The average molecular weight is 535 g/mol. The van der Waals surface area contributed by atoms with Gasteiger partial charge in [0.05, 0.1) is 0 Å². The van der Waals surface area contributed by atoms with Crippen LogP contribution >= 0.6 is 9.24 Å². The fourth-order valence-corrected chi connectivity index (χ4v) is 4.52. The summed E-state index contributed by atoms with van der Waals surface area (Å²) in [7, 11) is 2.65. The van der Waals surface area contributed by atoms with Crippen LogP contribution in [0.15, 0.2) is 60.7 Å². The van der Waals surface area contributed by atoms with Crippen molar-refractivity contribution in [2.75, 3.05) is 0 Å². The van der Waals surface area contributed by atoms with Gasteiger partial charge < -0.3 is 0 Å². The molecular weight excluding hydrogens is 483 g/mol. The second kappa shape index (κ2) is 13.7. The highest BCUT2D eigenvalue weighted by Crippen LogP contribution is 2.36. The molecule has 1 atom stereocenters. The molecule has 0 N–H and O–H groups in total. The molecular formula is C35H51O2P. The Labute approximate surface area is 235 Å². The lowest BCUT2D eigenvalue weighted by molar-refractivity contribution is -0.103. The van der Waals surface area contributed by atoms with Gasteiger partial charge in [-0.1, -0.05) is 123 Å². The standard InChI is InChI=1S/C28H42O2.C7H9P/c1-19(2)15-21-11-13-25(23(17-21)27(5,6)7)29-30-26-14-12-22(16-20(3)4)18-24(26)28(8,9)10;1-6-2-4-7(8)5-3-6/h11-14,17-20H,15-16H2,1-10H3;2-5H,8H2,1H3. The van der Waals surface area contributed by atoms with E-state index in [0.717, 1.165) is 24.3 Å². The topological polar surface area (TPSA) is 18.5 Å². The normalized spacial score (nSPS) is 11.8. The van der Waals surface area contributed by atoms with Crippen molar-refractivity contribution in [3.05, 3.63) is 88.5 Å². The molecule has 1 unspecified atom stereocenters. The Balaban J connectivity index is 0.000000538. The van der Waals surface area contributed by atoms with E-state index in [1.165, 1.54) is 33.1 Å². The van der Waals surface area contributed by atoms with Gasteiger partial charge in [0, 0.05) is 11.1 Å². The Morgan fingerprint density at radius 1 is 0.605 bits per heavy atom. The molecule has 0 amide bonds. The number of rotatable bonds is 7. The summed E-state index contributed by atoms with van der Waals surface area (Å²) in [5.41, 5.74) is 6.30.